The minimum atomic E-state index is -4.63. The molecule has 39 heavy (non-hydrogen) atoms. The number of aromatic nitrogens is 2. The third-order valence-corrected chi connectivity index (χ3v) is 7.32. The van der Waals surface area contributed by atoms with Crippen LogP contribution in [0, 0.1) is 0 Å². The number of carbonyl (C=O) groups is 1. The number of primary amides is 1. The van der Waals surface area contributed by atoms with E-state index in [0.29, 0.717) is 34.7 Å². The van der Waals surface area contributed by atoms with Crippen LogP contribution < -0.4 is 16.2 Å². The number of allylic oxidation sites excluding steroid dienone is 3. The van der Waals surface area contributed by atoms with E-state index in [4.69, 9.17) is 10.5 Å². The highest BCUT2D eigenvalue weighted by Gasteiger charge is 2.49. The van der Waals surface area contributed by atoms with Crippen molar-refractivity contribution in [3.05, 3.63) is 112 Å². The molecule has 0 bridgehead atoms. The molecule has 2 N–H and O–H groups in total. The van der Waals surface area contributed by atoms with Crippen molar-refractivity contribution in [2.24, 2.45) is 5.73 Å². The number of para-hydroxylation sites is 2. The lowest BCUT2D eigenvalue weighted by Crippen LogP contribution is -2.45. The second-order valence-corrected chi connectivity index (χ2v) is 9.34. The highest BCUT2D eigenvalue weighted by atomic mass is 19.4. The monoisotopic (exact) mass is 533 g/mol. The summed E-state index contributed by atoms with van der Waals surface area (Å²) < 4.78 is 50.0. The fourth-order valence-corrected chi connectivity index (χ4v) is 5.35. The number of benzene rings is 3. The SMILES string of the molecule is CCn1c(=O)n(-c2ccc(C3=CC=C(C(F)(F)F)CC3(C(N)=O)c3ccc(OC)cc3)cc2)c2ccccc21. The first-order valence-corrected chi connectivity index (χ1v) is 12.4. The summed E-state index contributed by atoms with van der Waals surface area (Å²) >= 11 is 0. The van der Waals surface area contributed by atoms with E-state index < -0.39 is 29.5 Å². The summed E-state index contributed by atoms with van der Waals surface area (Å²) in [6, 6.07) is 20.5. The molecule has 0 radical (unpaired) electrons. The Kier molecular flexibility index (Phi) is 6.46. The number of ether oxygens (including phenoxy) is 1. The zero-order valence-electron chi connectivity index (χ0n) is 21.3. The Morgan fingerprint density at radius 1 is 0.974 bits per heavy atom. The zero-order chi connectivity index (χ0) is 27.9. The van der Waals surface area contributed by atoms with Gasteiger partial charge in [-0.2, -0.15) is 13.2 Å². The number of hydrogen-bond acceptors (Lipinski definition) is 3. The number of fused-ring (bicyclic) bond motifs is 1. The Morgan fingerprint density at radius 3 is 2.18 bits per heavy atom. The van der Waals surface area contributed by atoms with Gasteiger partial charge in [-0.15, -0.1) is 0 Å². The molecule has 1 aliphatic rings. The highest BCUT2D eigenvalue weighted by Crippen LogP contribution is 2.49. The molecule has 1 aliphatic carbocycles. The van der Waals surface area contributed by atoms with E-state index in [1.54, 1.807) is 57.7 Å². The minimum absolute atomic E-state index is 0.203. The molecule has 0 spiro atoms. The first-order chi connectivity index (χ1) is 18.6. The summed E-state index contributed by atoms with van der Waals surface area (Å²) in [5.74, 6) is -0.410. The van der Waals surface area contributed by atoms with Gasteiger partial charge in [0.1, 0.15) is 11.2 Å². The average molecular weight is 534 g/mol. The molecule has 5 rings (SSSR count). The molecule has 0 saturated carbocycles. The van der Waals surface area contributed by atoms with Crippen molar-refractivity contribution in [3.8, 4) is 11.4 Å². The predicted octanol–water partition coefficient (Wildman–Crippen LogP) is 5.52. The summed E-state index contributed by atoms with van der Waals surface area (Å²) in [5, 5.41) is 0. The van der Waals surface area contributed by atoms with Gasteiger partial charge in [0, 0.05) is 18.5 Å². The molecule has 9 heteroatoms. The largest absolute Gasteiger partial charge is 0.497 e. The number of amides is 1. The van der Waals surface area contributed by atoms with E-state index in [9.17, 15) is 22.8 Å². The first kappa shape index (κ1) is 26.1. The predicted molar refractivity (Wildman–Crippen MR) is 144 cm³/mol. The number of hydrogen-bond donors (Lipinski definition) is 1. The third kappa shape index (κ3) is 4.24. The highest BCUT2D eigenvalue weighted by molar-refractivity contribution is 6.03. The van der Waals surface area contributed by atoms with E-state index in [0.717, 1.165) is 17.1 Å². The van der Waals surface area contributed by atoms with Gasteiger partial charge in [-0.25, -0.2) is 4.79 Å². The van der Waals surface area contributed by atoms with Crippen LogP contribution in [-0.4, -0.2) is 28.3 Å². The van der Waals surface area contributed by atoms with E-state index in [1.807, 2.05) is 31.2 Å². The second-order valence-electron chi connectivity index (χ2n) is 9.34. The topological polar surface area (TPSA) is 79.3 Å². The van der Waals surface area contributed by atoms with Gasteiger partial charge in [0.2, 0.25) is 5.91 Å². The van der Waals surface area contributed by atoms with Gasteiger partial charge in [-0.1, -0.05) is 48.6 Å². The zero-order valence-corrected chi connectivity index (χ0v) is 21.3. The molecule has 200 valence electrons. The van der Waals surface area contributed by atoms with Crippen LogP contribution in [0.4, 0.5) is 13.2 Å². The smallest absolute Gasteiger partial charge is 0.412 e. The molecule has 1 atom stereocenters. The van der Waals surface area contributed by atoms with Crippen LogP contribution >= 0.6 is 0 Å². The average Bonchev–Trinajstić information content (AvgIpc) is 3.23. The van der Waals surface area contributed by atoms with Gasteiger partial charge in [0.25, 0.3) is 0 Å². The molecule has 3 aromatic carbocycles. The first-order valence-electron chi connectivity index (χ1n) is 12.4. The quantitative estimate of drug-likeness (QED) is 0.355. The van der Waals surface area contributed by atoms with Gasteiger partial charge in [0.15, 0.2) is 0 Å². The van der Waals surface area contributed by atoms with Crippen molar-refractivity contribution in [2.75, 3.05) is 7.11 Å². The number of alkyl halides is 3. The normalized spacial score (nSPS) is 17.6. The fraction of sp³-hybridized carbons (Fsp3) is 0.200. The molecule has 1 heterocycles. The minimum Gasteiger partial charge on any atom is -0.497 e. The lowest BCUT2D eigenvalue weighted by molar-refractivity contribution is -0.122. The van der Waals surface area contributed by atoms with Gasteiger partial charge < -0.3 is 10.5 Å². The van der Waals surface area contributed by atoms with E-state index in [-0.39, 0.29) is 5.69 Å². The van der Waals surface area contributed by atoms with Crippen molar-refractivity contribution in [1.29, 1.82) is 0 Å². The van der Waals surface area contributed by atoms with Crippen molar-refractivity contribution >= 4 is 22.5 Å². The second kappa shape index (κ2) is 9.65. The number of nitrogens with two attached hydrogens (primary N) is 1. The number of halogens is 3. The van der Waals surface area contributed by atoms with E-state index in [2.05, 4.69) is 0 Å². The maximum absolute atomic E-state index is 13.8. The number of rotatable bonds is 6. The number of aryl methyl sites for hydroxylation is 1. The van der Waals surface area contributed by atoms with Crippen LogP contribution in [0.3, 0.4) is 0 Å². The van der Waals surface area contributed by atoms with Crippen molar-refractivity contribution in [3.63, 3.8) is 0 Å². The third-order valence-electron chi connectivity index (χ3n) is 7.32. The fourth-order valence-electron chi connectivity index (χ4n) is 5.35. The molecule has 1 amide bonds. The summed E-state index contributed by atoms with van der Waals surface area (Å²) in [6.07, 6.45) is -2.97. The standard InChI is InChI=1S/C30H26F3N3O3/c1-3-35-25-6-4-5-7-26(25)36(28(35)38)22-13-8-19(9-14-22)24-17-12-21(30(31,32)33)18-29(24,27(34)37)20-10-15-23(39-2)16-11-20/h4-17H,3,18H2,1-2H3,(H2,34,37). The Bertz CT molecular complexity index is 1680. The molecule has 0 fully saturated rings. The summed E-state index contributed by atoms with van der Waals surface area (Å²) in [7, 11) is 1.47. The Balaban J connectivity index is 1.67. The Morgan fingerprint density at radius 2 is 1.62 bits per heavy atom. The maximum atomic E-state index is 13.8. The molecular weight excluding hydrogens is 507 g/mol. The van der Waals surface area contributed by atoms with Crippen LogP contribution in [-0.2, 0) is 16.8 Å². The van der Waals surface area contributed by atoms with Gasteiger partial charge >= 0.3 is 11.9 Å². The van der Waals surface area contributed by atoms with Crippen molar-refractivity contribution in [2.45, 2.75) is 31.5 Å². The van der Waals surface area contributed by atoms with E-state index in [1.165, 1.54) is 13.2 Å². The van der Waals surface area contributed by atoms with E-state index >= 15 is 0 Å². The maximum Gasteiger partial charge on any atom is 0.412 e. The molecule has 0 aliphatic heterocycles. The number of imidazole rings is 1. The van der Waals surface area contributed by atoms with Gasteiger partial charge in [-0.3, -0.25) is 13.9 Å². The van der Waals surface area contributed by atoms with Crippen LogP contribution in [0.1, 0.15) is 24.5 Å². The summed E-state index contributed by atoms with van der Waals surface area (Å²) in [5.41, 5.74) is 6.36. The Hall–Kier alpha value is -4.53. The molecule has 6 nitrogen and oxygen atoms in total. The molecule has 1 unspecified atom stereocenters. The molecule has 4 aromatic rings. The van der Waals surface area contributed by atoms with Crippen LogP contribution in [0.5, 0.6) is 5.75 Å². The summed E-state index contributed by atoms with van der Waals surface area (Å²) in [6.45, 7) is 2.39. The molecule has 1 aromatic heterocycles. The lowest BCUT2D eigenvalue weighted by atomic mass is 9.65. The van der Waals surface area contributed by atoms with Gasteiger partial charge in [0.05, 0.1) is 23.8 Å². The number of nitrogens with zero attached hydrogens (tertiary/aromatic N) is 2. The Labute approximate surface area is 222 Å². The lowest BCUT2D eigenvalue weighted by Gasteiger charge is -2.37. The molecule has 0 saturated heterocycles. The van der Waals surface area contributed by atoms with Crippen molar-refractivity contribution in [1.82, 2.24) is 9.13 Å². The number of methoxy groups -OCH3 is 1. The van der Waals surface area contributed by atoms with Crippen LogP contribution in [0.15, 0.2) is 95.3 Å². The van der Waals surface area contributed by atoms with Crippen LogP contribution in [0.2, 0.25) is 0 Å². The van der Waals surface area contributed by atoms with Gasteiger partial charge in [-0.05, 0) is 60.0 Å². The van der Waals surface area contributed by atoms with Crippen LogP contribution in [0.25, 0.3) is 22.3 Å². The molecular formula is C30H26F3N3O3. The summed E-state index contributed by atoms with van der Waals surface area (Å²) in [4.78, 5) is 26.3. The number of carbonyl (C=O) groups excluding carboxylic acids is 1. The van der Waals surface area contributed by atoms with Crippen molar-refractivity contribution < 1.29 is 22.7 Å².